The molecule has 2 bridgehead atoms. The fraction of sp³-hybridized carbons (Fsp3) is 0.457. The summed E-state index contributed by atoms with van der Waals surface area (Å²) in [5, 5.41) is 18.0. The van der Waals surface area contributed by atoms with Crippen LogP contribution >= 0.6 is 11.6 Å². The van der Waals surface area contributed by atoms with Crippen LogP contribution in [0.4, 0.5) is 30.4 Å². The summed E-state index contributed by atoms with van der Waals surface area (Å²) >= 11 is 6.14. The molecule has 3 saturated heterocycles. The van der Waals surface area contributed by atoms with Crippen LogP contribution in [-0.4, -0.2) is 116 Å². The molecular weight excluding hydrogens is 749 g/mol. The molecule has 0 unspecified atom stereocenters. The van der Waals surface area contributed by atoms with Crippen LogP contribution in [-0.2, 0) is 33.4 Å². The van der Waals surface area contributed by atoms with Crippen LogP contribution in [0.3, 0.4) is 0 Å². The second kappa shape index (κ2) is 14.4. The molecular formula is C35H36ClF3N10O6. The van der Waals surface area contributed by atoms with E-state index in [-0.39, 0.29) is 84.9 Å². The minimum atomic E-state index is -4.62. The van der Waals surface area contributed by atoms with Crippen LogP contribution in [0.15, 0.2) is 35.4 Å². The van der Waals surface area contributed by atoms with E-state index in [0.29, 0.717) is 50.1 Å². The SMILES string of the molecule is CCc1c(N2CCN(C(=O)c3ncnc(N4C[C@@H]5C[C@H]4CO5)c3O)CC2)c(=O)n2nc(C3=CCOCC3)nc2n1CC(=O)Nc1ccc(C(F)(F)F)cc1Cl. The molecule has 8 rings (SSSR count). The summed E-state index contributed by atoms with van der Waals surface area (Å²) in [5.41, 5.74) is -0.0618. The van der Waals surface area contributed by atoms with Crippen molar-refractivity contribution in [2.75, 3.05) is 67.7 Å². The van der Waals surface area contributed by atoms with Crippen molar-refractivity contribution in [1.29, 1.82) is 0 Å². The number of aromatic nitrogens is 6. The smallest absolute Gasteiger partial charge is 0.416 e. The van der Waals surface area contributed by atoms with E-state index < -0.39 is 29.1 Å². The first-order valence-corrected chi connectivity index (χ1v) is 18.2. The molecule has 290 valence electrons. The highest BCUT2D eigenvalue weighted by atomic mass is 35.5. The summed E-state index contributed by atoms with van der Waals surface area (Å²) in [6.45, 7) is 4.14. The molecule has 3 fully saturated rings. The summed E-state index contributed by atoms with van der Waals surface area (Å²) < 4.78 is 53.5. The normalized spacial score (nSPS) is 20.0. The summed E-state index contributed by atoms with van der Waals surface area (Å²) in [6.07, 6.45) is 0.149. The summed E-state index contributed by atoms with van der Waals surface area (Å²) in [7, 11) is 0. The second-order valence-corrected chi connectivity index (χ2v) is 14.1. The molecule has 2 atom stereocenters. The zero-order chi connectivity index (χ0) is 38.6. The van der Waals surface area contributed by atoms with Crippen molar-refractivity contribution in [3.8, 4) is 5.75 Å². The average Bonchev–Trinajstić information content (AvgIpc) is 3.94. The lowest BCUT2D eigenvalue weighted by molar-refractivity contribution is -0.137. The first-order chi connectivity index (χ1) is 26.4. The number of morpholine rings is 1. The van der Waals surface area contributed by atoms with Crippen molar-refractivity contribution in [1.82, 2.24) is 34.0 Å². The van der Waals surface area contributed by atoms with Gasteiger partial charge in [-0.1, -0.05) is 24.6 Å². The number of rotatable bonds is 8. The first-order valence-electron chi connectivity index (χ1n) is 17.8. The summed E-state index contributed by atoms with van der Waals surface area (Å²) in [4.78, 5) is 60.0. The van der Waals surface area contributed by atoms with Crippen LogP contribution in [0.1, 0.15) is 47.3 Å². The third kappa shape index (κ3) is 6.84. The predicted octanol–water partition coefficient (Wildman–Crippen LogP) is 3.00. The number of fused-ring (bicyclic) bond motifs is 3. The lowest BCUT2D eigenvalue weighted by Gasteiger charge is -2.37. The molecule has 0 saturated carbocycles. The number of nitrogens with zero attached hydrogens (tertiary/aromatic N) is 9. The van der Waals surface area contributed by atoms with E-state index in [4.69, 9.17) is 21.1 Å². The van der Waals surface area contributed by atoms with E-state index in [9.17, 15) is 32.7 Å². The van der Waals surface area contributed by atoms with E-state index in [1.165, 1.54) is 6.33 Å². The molecule has 0 aliphatic carbocycles. The molecule has 0 spiro atoms. The van der Waals surface area contributed by atoms with Crippen LogP contribution in [0.25, 0.3) is 11.4 Å². The maximum Gasteiger partial charge on any atom is 0.416 e. The topological polar surface area (TPSA) is 173 Å². The average molecular weight is 785 g/mol. The van der Waals surface area contributed by atoms with Crippen molar-refractivity contribution in [3.05, 3.63) is 68.8 Å². The van der Waals surface area contributed by atoms with Gasteiger partial charge in [0.1, 0.15) is 18.6 Å². The van der Waals surface area contributed by atoms with Gasteiger partial charge in [-0.15, -0.1) is 5.10 Å². The third-order valence-electron chi connectivity index (χ3n) is 10.3. The Morgan fingerprint density at radius 1 is 1.15 bits per heavy atom. The van der Waals surface area contributed by atoms with Gasteiger partial charge in [-0.2, -0.15) is 22.7 Å². The predicted molar refractivity (Wildman–Crippen MR) is 192 cm³/mol. The van der Waals surface area contributed by atoms with Crippen molar-refractivity contribution in [3.63, 3.8) is 0 Å². The summed E-state index contributed by atoms with van der Waals surface area (Å²) in [6, 6.07) is 2.70. The highest BCUT2D eigenvalue weighted by Gasteiger charge is 2.42. The number of piperazine rings is 1. The molecule has 20 heteroatoms. The zero-order valence-corrected chi connectivity index (χ0v) is 30.3. The van der Waals surface area contributed by atoms with Crippen molar-refractivity contribution >= 4 is 52.0 Å². The Balaban J connectivity index is 1.08. The number of hydrogen-bond acceptors (Lipinski definition) is 12. The Bertz CT molecular complexity index is 2270. The number of amides is 2. The molecule has 4 aromatic rings. The molecule has 7 heterocycles. The molecule has 55 heavy (non-hydrogen) atoms. The van der Waals surface area contributed by atoms with Crippen LogP contribution in [0.5, 0.6) is 5.75 Å². The fourth-order valence-corrected chi connectivity index (χ4v) is 7.83. The Morgan fingerprint density at radius 2 is 1.95 bits per heavy atom. The third-order valence-corrected chi connectivity index (χ3v) is 10.7. The van der Waals surface area contributed by atoms with Gasteiger partial charge in [-0.05, 0) is 43.0 Å². The Hall–Kier alpha value is -5.27. The van der Waals surface area contributed by atoms with Crippen LogP contribution in [0.2, 0.25) is 5.02 Å². The molecule has 16 nitrogen and oxygen atoms in total. The lowest BCUT2D eigenvalue weighted by Crippen LogP contribution is -2.51. The zero-order valence-electron chi connectivity index (χ0n) is 29.6. The van der Waals surface area contributed by atoms with Crippen LogP contribution < -0.4 is 20.7 Å². The molecule has 0 radical (unpaired) electrons. The van der Waals surface area contributed by atoms with Gasteiger partial charge >= 0.3 is 6.18 Å². The van der Waals surface area contributed by atoms with Gasteiger partial charge in [0.15, 0.2) is 23.1 Å². The number of hydrogen-bond donors (Lipinski definition) is 2. The van der Waals surface area contributed by atoms with E-state index in [2.05, 4.69) is 25.4 Å². The quantitative estimate of drug-likeness (QED) is 0.268. The van der Waals surface area contributed by atoms with Gasteiger partial charge in [0.25, 0.3) is 11.5 Å². The number of alkyl halides is 3. The van der Waals surface area contributed by atoms with E-state index >= 15 is 0 Å². The maximum atomic E-state index is 14.3. The minimum Gasteiger partial charge on any atom is -0.503 e. The fourth-order valence-electron chi connectivity index (χ4n) is 7.60. The molecule has 3 aromatic heterocycles. The van der Waals surface area contributed by atoms with E-state index in [1.54, 1.807) is 9.47 Å². The Labute approximate surface area is 316 Å². The van der Waals surface area contributed by atoms with Crippen molar-refractivity contribution in [2.45, 2.75) is 51.1 Å². The number of benzene rings is 1. The van der Waals surface area contributed by atoms with Gasteiger partial charge in [-0.25, -0.2) is 9.97 Å². The maximum absolute atomic E-state index is 14.3. The molecule has 1 aromatic carbocycles. The van der Waals surface area contributed by atoms with Gasteiger partial charge in [0, 0.05) is 32.7 Å². The summed E-state index contributed by atoms with van der Waals surface area (Å²) in [5.74, 6) is -0.702. The van der Waals surface area contributed by atoms with Gasteiger partial charge in [0.2, 0.25) is 11.7 Å². The van der Waals surface area contributed by atoms with E-state index in [1.807, 2.05) is 22.8 Å². The molecule has 2 amide bonds. The van der Waals surface area contributed by atoms with Crippen molar-refractivity contribution < 1.29 is 37.3 Å². The molecule has 2 N–H and O–H groups in total. The van der Waals surface area contributed by atoms with Crippen LogP contribution in [0, 0.1) is 0 Å². The van der Waals surface area contributed by atoms with Crippen molar-refractivity contribution in [2.24, 2.45) is 0 Å². The number of halogens is 4. The Kier molecular flexibility index (Phi) is 9.62. The number of carbonyl (C=O) groups is 2. The molecule has 4 aliphatic rings. The second-order valence-electron chi connectivity index (χ2n) is 13.7. The standard InChI is InChI=1S/C35H36ClF3N10O6/c1-2-25-28(45-7-9-46(10-8-45)32(52)27-29(51)31(41-18-40-27)47-15-22-14-21(47)17-55-22)33(53)49-34(43-30(44-49)19-5-11-54-12-6-19)48(25)16-26(50)42-24-4-3-20(13-23(24)36)35(37,38)39/h3-5,13,18,21-22,51H,2,6-12,14-17H2,1H3,(H,42,50)/t21-,22-/m0/s1. The number of carbonyl (C=O) groups excluding carboxylic acids is 2. The highest BCUT2D eigenvalue weighted by Crippen LogP contribution is 2.37. The monoisotopic (exact) mass is 784 g/mol. The number of ether oxygens (including phenoxy) is 2. The van der Waals surface area contributed by atoms with E-state index in [0.717, 1.165) is 34.7 Å². The number of anilines is 3. The number of aromatic hydroxyl groups is 1. The molecule has 4 aliphatic heterocycles. The number of nitrogens with one attached hydrogen (secondary N) is 1. The minimum absolute atomic E-state index is 0.0196. The lowest BCUT2D eigenvalue weighted by atomic mass is 10.1. The Morgan fingerprint density at radius 3 is 2.60 bits per heavy atom. The van der Waals surface area contributed by atoms with Gasteiger partial charge in [-0.3, -0.25) is 14.4 Å². The van der Waals surface area contributed by atoms with Gasteiger partial charge < -0.3 is 39.2 Å². The largest absolute Gasteiger partial charge is 0.503 e. The van der Waals surface area contributed by atoms with Gasteiger partial charge in [0.05, 0.1) is 53.9 Å². The first kappa shape index (κ1) is 36.7. The highest BCUT2D eigenvalue weighted by molar-refractivity contribution is 6.33.